The van der Waals surface area contributed by atoms with Crippen molar-refractivity contribution in [3.63, 3.8) is 0 Å². The minimum atomic E-state index is -4.52. The molecule has 0 amide bonds. The normalized spacial score (nSPS) is 16.2. The molecule has 0 spiro atoms. The zero-order valence-electron chi connectivity index (χ0n) is 10.9. The van der Waals surface area contributed by atoms with Crippen LogP contribution in [0.15, 0.2) is 0 Å². The molecule has 0 radical (unpaired) electrons. The van der Waals surface area contributed by atoms with Crippen molar-refractivity contribution in [3.05, 3.63) is 0 Å². The quantitative estimate of drug-likeness (QED) is 0.229. The molecule has 19 heavy (non-hydrogen) atoms. The van der Waals surface area contributed by atoms with Crippen molar-refractivity contribution >= 4 is 16.1 Å². The van der Waals surface area contributed by atoms with Crippen LogP contribution in [-0.2, 0) is 14.4 Å². The van der Waals surface area contributed by atoms with Gasteiger partial charge in [-0.3, -0.25) is 0 Å². The number of aliphatic hydroxyl groups excluding tert-OH is 4. The van der Waals surface area contributed by atoms with Crippen LogP contribution >= 0.6 is 0 Å². The Balaban J connectivity index is 5.00. The van der Waals surface area contributed by atoms with Gasteiger partial charge in [0.15, 0.2) is 0 Å². The molecule has 0 aliphatic rings. The molecule has 8 nitrogen and oxygen atoms in total. The predicted octanol–water partition coefficient (Wildman–Crippen LogP) is -2.64. The van der Waals surface area contributed by atoms with Gasteiger partial charge in [-0.2, -0.15) is 0 Å². The Kier molecular flexibility index (Phi) is 7.26. The van der Waals surface area contributed by atoms with Crippen LogP contribution in [-0.4, -0.2) is 65.7 Å². The van der Waals surface area contributed by atoms with E-state index in [0.717, 1.165) is 0 Å². The molecule has 0 aliphatic carbocycles. The SMILES string of the molecule is CC(C)CC(CO)(CO)NC(O)C(O)S(=O)(=O)B=O. The Labute approximate surface area is 112 Å². The van der Waals surface area contributed by atoms with Crippen molar-refractivity contribution in [3.8, 4) is 0 Å². The molecule has 10 heteroatoms. The topological polar surface area (TPSA) is 144 Å². The predicted molar refractivity (Wildman–Crippen MR) is 66.9 cm³/mol. The summed E-state index contributed by atoms with van der Waals surface area (Å²) in [6.45, 7) is 2.44. The number of rotatable bonds is 9. The molecule has 0 aromatic rings. The molecule has 5 N–H and O–H groups in total. The van der Waals surface area contributed by atoms with Gasteiger partial charge in [0.1, 0.15) is 0 Å². The second-order valence-corrected chi connectivity index (χ2v) is 6.71. The average Bonchev–Trinajstić information content (AvgIpc) is 2.36. The van der Waals surface area contributed by atoms with Crippen LogP contribution in [0.1, 0.15) is 20.3 Å². The number of nitrogens with one attached hydrogen (secondary N) is 1. The Morgan fingerprint density at radius 1 is 1.21 bits per heavy atom. The summed E-state index contributed by atoms with van der Waals surface area (Å²) >= 11 is 0. The van der Waals surface area contributed by atoms with Crippen LogP contribution in [0, 0.1) is 5.92 Å². The molecule has 0 bridgehead atoms. The molecule has 2 atom stereocenters. The molecule has 0 aromatic carbocycles. The molecule has 0 saturated carbocycles. The van der Waals surface area contributed by atoms with E-state index in [0.29, 0.717) is 0 Å². The van der Waals surface area contributed by atoms with Gasteiger partial charge in [0.05, 0.1) is 0 Å². The third-order valence-corrected chi connectivity index (χ3v) is 3.80. The third kappa shape index (κ3) is 5.25. The van der Waals surface area contributed by atoms with Gasteiger partial charge >= 0.3 is 112 Å². The molecule has 0 aliphatic heterocycles. The summed E-state index contributed by atoms with van der Waals surface area (Å²) in [5.41, 5.74) is -3.72. The molecule has 2 unspecified atom stereocenters. The van der Waals surface area contributed by atoms with Crippen molar-refractivity contribution in [1.29, 1.82) is 0 Å². The maximum absolute atomic E-state index is 11.1. The second-order valence-electron chi connectivity index (χ2n) is 4.86. The molecule has 0 aromatic heterocycles. The minimum absolute atomic E-state index is 0.0267. The van der Waals surface area contributed by atoms with Crippen molar-refractivity contribution in [2.45, 2.75) is 37.5 Å². The van der Waals surface area contributed by atoms with Crippen molar-refractivity contribution in [2.75, 3.05) is 13.2 Å². The Morgan fingerprint density at radius 3 is 2.00 bits per heavy atom. The zero-order valence-corrected chi connectivity index (χ0v) is 11.7. The summed E-state index contributed by atoms with van der Waals surface area (Å²) in [5, 5.41) is 39.7. The molecular weight excluding hydrogens is 277 g/mol. The Morgan fingerprint density at radius 2 is 1.68 bits per heavy atom. The first kappa shape index (κ1) is 18.6. The number of hydrogen-bond donors (Lipinski definition) is 5. The van der Waals surface area contributed by atoms with Gasteiger partial charge in [0.2, 0.25) is 0 Å². The number of hydrogen-bond acceptors (Lipinski definition) is 8. The molecule has 0 fully saturated rings. The average molecular weight is 297 g/mol. The van der Waals surface area contributed by atoms with E-state index in [9.17, 15) is 33.5 Å². The van der Waals surface area contributed by atoms with E-state index in [-0.39, 0.29) is 12.3 Å². The van der Waals surface area contributed by atoms with E-state index < -0.39 is 46.5 Å². The molecule has 0 heterocycles. The van der Waals surface area contributed by atoms with E-state index in [2.05, 4.69) is 5.32 Å². The summed E-state index contributed by atoms with van der Waals surface area (Å²) in [5.74, 6) is 0.0267. The van der Waals surface area contributed by atoms with Gasteiger partial charge in [0.25, 0.3) is 0 Å². The monoisotopic (exact) mass is 297 g/mol. The van der Waals surface area contributed by atoms with Crippen LogP contribution < -0.4 is 5.32 Å². The fourth-order valence-electron chi connectivity index (χ4n) is 1.73. The van der Waals surface area contributed by atoms with Gasteiger partial charge in [-0.1, -0.05) is 0 Å². The zero-order chi connectivity index (χ0) is 15.3. The standard InChI is InChI=1S/C9H20BNO7S/c1-6(2)3-9(4-12,5-13)11-7(14)8(15)19(17,18)10-16/h6-8,11-15H,3-5H2,1-2H3. The van der Waals surface area contributed by atoms with Crippen molar-refractivity contribution in [2.24, 2.45) is 5.92 Å². The Hall–Kier alpha value is -0.385. The number of aliphatic hydroxyl groups is 4. The molecule has 112 valence electrons. The van der Waals surface area contributed by atoms with E-state index in [4.69, 9.17) is 0 Å². The second kappa shape index (κ2) is 7.41. The van der Waals surface area contributed by atoms with E-state index in [1.165, 1.54) is 0 Å². The fraction of sp³-hybridized carbons (Fsp3) is 1.00. The van der Waals surface area contributed by atoms with E-state index in [1.807, 2.05) is 0 Å². The van der Waals surface area contributed by atoms with Crippen LogP contribution in [0.4, 0.5) is 0 Å². The summed E-state index contributed by atoms with van der Waals surface area (Å²) in [6.07, 6.45) is -2.25. The van der Waals surface area contributed by atoms with Gasteiger partial charge in [-0.25, -0.2) is 0 Å². The molecule has 0 rings (SSSR count). The Bertz CT molecular complexity index is 382. The first-order chi connectivity index (χ1) is 8.64. The molecular formula is C9H20BNO7S. The van der Waals surface area contributed by atoms with Gasteiger partial charge in [0, 0.05) is 0 Å². The summed E-state index contributed by atoms with van der Waals surface area (Å²) in [6, 6.07) is 0. The summed E-state index contributed by atoms with van der Waals surface area (Å²) in [4.78, 5) is 0. The van der Waals surface area contributed by atoms with Crippen LogP contribution in [0.25, 0.3) is 0 Å². The fourth-order valence-corrected chi connectivity index (χ4v) is 2.27. The van der Waals surface area contributed by atoms with Crippen molar-refractivity contribution < 1.29 is 33.5 Å². The maximum atomic E-state index is 11.1. The van der Waals surface area contributed by atoms with Gasteiger partial charge < -0.3 is 0 Å². The first-order valence-electron chi connectivity index (χ1n) is 5.68. The van der Waals surface area contributed by atoms with Crippen LogP contribution in [0.2, 0.25) is 0 Å². The van der Waals surface area contributed by atoms with Gasteiger partial charge in [-0.15, -0.1) is 0 Å². The van der Waals surface area contributed by atoms with Crippen molar-refractivity contribution in [1.82, 2.24) is 5.32 Å². The summed E-state index contributed by atoms with van der Waals surface area (Å²) in [7, 11) is -4.52. The van der Waals surface area contributed by atoms with Gasteiger partial charge in [-0.05, 0) is 0 Å². The van der Waals surface area contributed by atoms with Crippen LogP contribution in [0.5, 0.6) is 0 Å². The van der Waals surface area contributed by atoms with E-state index >= 15 is 0 Å². The van der Waals surface area contributed by atoms with E-state index in [1.54, 1.807) is 13.8 Å². The summed E-state index contributed by atoms with van der Waals surface area (Å²) < 4.78 is 32.4. The molecule has 0 saturated heterocycles. The third-order valence-electron chi connectivity index (χ3n) is 2.60. The first-order valence-corrected chi connectivity index (χ1v) is 7.29. The van der Waals surface area contributed by atoms with Crippen LogP contribution in [0.3, 0.4) is 0 Å².